The first-order chi connectivity index (χ1) is 51.8. The third-order valence-corrected chi connectivity index (χ3v) is 24.0. The van der Waals surface area contributed by atoms with Gasteiger partial charge in [0, 0.05) is 77.9 Å². The van der Waals surface area contributed by atoms with Crippen LogP contribution in [0.3, 0.4) is 0 Å². The molecule has 0 N–H and O–H groups in total. The van der Waals surface area contributed by atoms with Crippen LogP contribution < -0.4 is 51.7 Å². The molecular weight excluding hydrogens is 1300 g/mol. The standard InChI is InChI=1S/C98H82B2N4OS/c1-97(2,3)71-51-43-69(44-52-71)80-37-26-38-81(70-45-53-72(54-46-70)98(4,5)6)96(80)104-87-64-92-85(63-84(87)100-83-40-23-25-42-90(83)105-91-61-78(59-88(104)94(91)100)101(73-31-16-9-17-32-73)74-33-18-10-19-34-74)99-82-39-22-24-41-86(82)103(75-35-20-11-21-36-75)89-60-79(62-93(106-92)95(89)99)102(76-55-47-67(48-56-76)65-27-12-7-13-28-65)77-57-49-68(50-58-77)66-29-14-8-15-30-66/h7-14,16-29,31-35,37-64,75,88,94H,15,30,36H2,1-6H3. The molecule has 5 nitrogen and oxygen atoms in total. The maximum Gasteiger partial charge on any atom is 0.249 e. The molecule has 8 heteroatoms. The van der Waals surface area contributed by atoms with Gasteiger partial charge >= 0.3 is 0 Å². The van der Waals surface area contributed by atoms with Gasteiger partial charge in [-0.15, -0.1) is 0 Å². The molecule has 3 atom stereocenters. The predicted octanol–water partition coefficient (Wildman–Crippen LogP) is 22.3. The third kappa shape index (κ3) is 11.4. The van der Waals surface area contributed by atoms with Crippen molar-refractivity contribution in [2.45, 2.75) is 99.3 Å². The molecule has 106 heavy (non-hydrogen) atoms. The van der Waals surface area contributed by atoms with Crippen molar-refractivity contribution in [2.24, 2.45) is 0 Å². The van der Waals surface area contributed by atoms with Crippen molar-refractivity contribution in [1.82, 2.24) is 0 Å². The minimum Gasteiger partial charge on any atom is -0.463 e. The summed E-state index contributed by atoms with van der Waals surface area (Å²) in [4.78, 5) is 12.9. The fraction of sp³-hybridized carbons (Fsp3) is 0.143. The first-order valence-electron chi connectivity index (χ1n) is 37.8. The van der Waals surface area contributed by atoms with E-state index in [-0.39, 0.29) is 42.2 Å². The third-order valence-electron chi connectivity index (χ3n) is 22.9. The van der Waals surface area contributed by atoms with Gasteiger partial charge in [-0.05, 0) is 182 Å². The van der Waals surface area contributed by atoms with Crippen molar-refractivity contribution in [2.75, 3.05) is 19.6 Å². The molecular formula is C98H82B2N4OS. The molecule has 0 saturated heterocycles. The van der Waals surface area contributed by atoms with E-state index < -0.39 is 0 Å². The van der Waals surface area contributed by atoms with Gasteiger partial charge < -0.3 is 24.3 Å². The molecule has 4 heterocycles. The highest BCUT2D eigenvalue weighted by Crippen LogP contribution is 2.55. The van der Waals surface area contributed by atoms with Crippen LogP contribution in [0.2, 0.25) is 5.82 Å². The summed E-state index contributed by atoms with van der Waals surface area (Å²) < 4.78 is 7.58. The molecule has 7 aliphatic rings. The second-order valence-electron chi connectivity index (χ2n) is 31.4. The zero-order valence-corrected chi connectivity index (χ0v) is 61.7. The minimum absolute atomic E-state index is 0.0353. The number of rotatable bonds is 12. The summed E-state index contributed by atoms with van der Waals surface area (Å²) in [7, 11) is 0. The molecule has 12 aromatic rings. The summed E-state index contributed by atoms with van der Waals surface area (Å²) in [5.41, 5.74) is 30.1. The Morgan fingerprint density at radius 2 is 1.03 bits per heavy atom. The van der Waals surface area contributed by atoms with Gasteiger partial charge in [-0.3, -0.25) is 0 Å². The van der Waals surface area contributed by atoms with Crippen LogP contribution in [0.5, 0.6) is 5.75 Å². The Morgan fingerprint density at radius 3 is 1.65 bits per heavy atom. The first-order valence-corrected chi connectivity index (χ1v) is 38.6. The van der Waals surface area contributed by atoms with E-state index in [1.165, 1.54) is 110 Å². The Morgan fingerprint density at radius 1 is 0.443 bits per heavy atom. The summed E-state index contributed by atoms with van der Waals surface area (Å²) in [5, 5.41) is 0. The molecule has 512 valence electrons. The maximum atomic E-state index is 7.58. The highest BCUT2D eigenvalue weighted by Gasteiger charge is 2.54. The quantitative estimate of drug-likeness (QED) is 0.113. The summed E-state index contributed by atoms with van der Waals surface area (Å²) in [6.45, 7) is 13.7. The van der Waals surface area contributed by atoms with Crippen LogP contribution in [0.1, 0.15) is 77.5 Å². The number of hydrogen-bond acceptors (Lipinski definition) is 6. The van der Waals surface area contributed by atoms with E-state index in [1.807, 2.05) is 11.8 Å². The van der Waals surface area contributed by atoms with E-state index in [2.05, 4.69) is 395 Å². The molecule has 0 bridgehead atoms. The number of nitrogens with zero attached hydrogens (tertiary/aromatic N) is 4. The van der Waals surface area contributed by atoms with Crippen molar-refractivity contribution in [1.29, 1.82) is 0 Å². The van der Waals surface area contributed by atoms with E-state index in [0.717, 1.165) is 70.6 Å². The van der Waals surface area contributed by atoms with Crippen LogP contribution >= 0.6 is 11.8 Å². The van der Waals surface area contributed by atoms with Crippen LogP contribution in [-0.4, -0.2) is 25.5 Å². The van der Waals surface area contributed by atoms with Crippen molar-refractivity contribution in [3.05, 3.63) is 362 Å². The van der Waals surface area contributed by atoms with Gasteiger partial charge in [-0.1, -0.05) is 307 Å². The van der Waals surface area contributed by atoms with Crippen LogP contribution in [0.15, 0.2) is 355 Å². The number of allylic oxidation sites excluding steroid dienone is 7. The molecule has 0 fully saturated rings. The SMILES string of the molecule is CC(C)(C)c1ccc(-c2cccc(-c3ccc(C(C)(C)C)cc3)c2N2c3cc4c(cc3B3c5ccccc5OC5=CC(N(c6ccccc6)c6ccccc6)=CC2C35)B2c3ccccc3N(C3C=CC=CC3)c3cc(N(c5ccc(C6=CC=CCC6)cc5)c5ccc(-c6ccccc6)cc5)cc(c32)S4)cc1. The van der Waals surface area contributed by atoms with Gasteiger partial charge in [-0.2, -0.15) is 0 Å². The molecule has 0 aromatic heterocycles. The van der Waals surface area contributed by atoms with Crippen LogP contribution in [-0.2, 0) is 10.8 Å². The number of hydrogen-bond donors (Lipinski definition) is 0. The molecule has 3 aliphatic carbocycles. The summed E-state index contributed by atoms with van der Waals surface area (Å²) in [5.74, 6) is 1.71. The largest absolute Gasteiger partial charge is 0.463 e. The number of benzene rings is 12. The number of anilines is 9. The molecule has 0 spiro atoms. The fourth-order valence-corrected chi connectivity index (χ4v) is 18.9. The maximum absolute atomic E-state index is 7.58. The van der Waals surface area contributed by atoms with E-state index >= 15 is 0 Å². The van der Waals surface area contributed by atoms with Crippen molar-refractivity contribution < 1.29 is 4.74 Å². The summed E-state index contributed by atoms with van der Waals surface area (Å²) in [6, 6.07) is 106. The molecule has 4 aliphatic heterocycles. The van der Waals surface area contributed by atoms with E-state index in [9.17, 15) is 0 Å². The lowest BCUT2D eigenvalue weighted by molar-refractivity contribution is 0.385. The lowest BCUT2D eigenvalue weighted by Gasteiger charge is -2.51. The molecule has 12 aromatic carbocycles. The fourth-order valence-electron chi connectivity index (χ4n) is 17.7. The zero-order valence-electron chi connectivity index (χ0n) is 60.9. The Balaban J connectivity index is 0.883. The Kier molecular flexibility index (Phi) is 16.2. The highest BCUT2D eigenvalue weighted by molar-refractivity contribution is 8.00. The van der Waals surface area contributed by atoms with Gasteiger partial charge in [0.25, 0.3) is 0 Å². The first kappa shape index (κ1) is 65.3. The average Bonchev–Trinajstić information content (AvgIpc) is 0.694. The number of ether oxygens (including phenoxy) is 1. The van der Waals surface area contributed by atoms with E-state index in [1.54, 1.807) is 0 Å². The van der Waals surface area contributed by atoms with E-state index in [4.69, 9.17) is 4.74 Å². The molecule has 19 rings (SSSR count). The van der Waals surface area contributed by atoms with Crippen LogP contribution in [0, 0.1) is 0 Å². The van der Waals surface area contributed by atoms with Gasteiger partial charge in [0.2, 0.25) is 13.4 Å². The second-order valence-corrected chi connectivity index (χ2v) is 32.4. The number of fused-ring (bicyclic) bond motifs is 8. The molecule has 0 radical (unpaired) electrons. The molecule has 0 amide bonds. The van der Waals surface area contributed by atoms with E-state index in [0.29, 0.717) is 0 Å². The zero-order chi connectivity index (χ0) is 71.4. The van der Waals surface area contributed by atoms with Crippen LogP contribution in [0.4, 0.5) is 51.2 Å². The second kappa shape index (κ2) is 26.3. The highest BCUT2D eigenvalue weighted by atomic mass is 32.2. The molecule has 0 saturated carbocycles. The monoisotopic (exact) mass is 1380 g/mol. The van der Waals surface area contributed by atoms with Gasteiger partial charge in [0.15, 0.2) is 0 Å². The minimum atomic E-state index is -0.267. The summed E-state index contributed by atoms with van der Waals surface area (Å²) >= 11 is 1.95. The van der Waals surface area contributed by atoms with Crippen LogP contribution in [0.25, 0.3) is 39.0 Å². The lowest BCUT2D eigenvalue weighted by Crippen LogP contribution is -2.65. The van der Waals surface area contributed by atoms with Gasteiger partial charge in [0.1, 0.15) is 11.5 Å². The number of para-hydroxylation sites is 5. The smallest absolute Gasteiger partial charge is 0.249 e. The average molecular weight is 1390 g/mol. The lowest BCUT2D eigenvalue weighted by atomic mass is 9.28. The van der Waals surface area contributed by atoms with Gasteiger partial charge in [-0.25, -0.2) is 0 Å². The van der Waals surface area contributed by atoms with Crippen molar-refractivity contribution in [3.63, 3.8) is 0 Å². The van der Waals surface area contributed by atoms with Gasteiger partial charge in [0.05, 0.1) is 17.8 Å². The Labute approximate surface area is 629 Å². The Hall–Kier alpha value is -11.4. The predicted molar refractivity (Wildman–Crippen MR) is 451 cm³/mol. The molecule has 3 unspecified atom stereocenters. The topological polar surface area (TPSA) is 22.2 Å². The van der Waals surface area contributed by atoms with Crippen molar-refractivity contribution >= 4 is 109 Å². The summed E-state index contributed by atoms with van der Waals surface area (Å²) in [6.07, 6.45) is 23.9. The normalized spacial score (nSPS) is 17.2. The Bertz CT molecular complexity index is 5500. The van der Waals surface area contributed by atoms with Crippen molar-refractivity contribution in [3.8, 4) is 39.1 Å².